The molecule has 0 bridgehead atoms. The standard InChI is InChI=1S/C14H11NO2/c15-9-13-11-4-2-1-3-10(11)5-6-12(13)14-16-7-8-17-14/h1-6,14H,7-8H2. The molecule has 0 N–H and O–H groups in total. The molecule has 0 aromatic heterocycles. The van der Waals surface area contributed by atoms with Crippen molar-refractivity contribution in [3.05, 3.63) is 47.5 Å². The number of ether oxygens (including phenoxy) is 2. The molecule has 84 valence electrons. The third-order valence-electron chi connectivity index (χ3n) is 2.95. The van der Waals surface area contributed by atoms with Crippen LogP contribution in [0, 0.1) is 11.3 Å². The first-order chi connectivity index (χ1) is 8.40. The van der Waals surface area contributed by atoms with Crippen LogP contribution in [0.15, 0.2) is 36.4 Å². The lowest BCUT2D eigenvalue weighted by Crippen LogP contribution is -2.01. The molecule has 3 heteroatoms. The van der Waals surface area contributed by atoms with Crippen LogP contribution in [-0.2, 0) is 9.47 Å². The van der Waals surface area contributed by atoms with Crippen LogP contribution >= 0.6 is 0 Å². The second-order valence-corrected chi connectivity index (χ2v) is 3.94. The Morgan fingerprint density at radius 1 is 1.06 bits per heavy atom. The quantitative estimate of drug-likeness (QED) is 0.749. The van der Waals surface area contributed by atoms with Crippen LogP contribution in [0.4, 0.5) is 0 Å². The van der Waals surface area contributed by atoms with E-state index in [1.165, 1.54) is 0 Å². The fraction of sp³-hybridized carbons (Fsp3) is 0.214. The molecule has 0 aliphatic carbocycles. The van der Waals surface area contributed by atoms with Crippen molar-refractivity contribution >= 4 is 10.8 Å². The van der Waals surface area contributed by atoms with Crippen molar-refractivity contribution in [2.45, 2.75) is 6.29 Å². The highest BCUT2D eigenvalue weighted by Crippen LogP contribution is 2.30. The molecule has 1 heterocycles. The van der Waals surface area contributed by atoms with Gasteiger partial charge in [-0.1, -0.05) is 36.4 Å². The maximum Gasteiger partial charge on any atom is 0.185 e. The van der Waals surface area contributed by atoms with E-state index in [2.05, 4.69) is 6.07 Å². The number of hydrogen-bond donors (Lipinski definition) is 0. The van der Waals surface area contributed by atoms with Crippen LogP contribution in [0.1, 0.15) is 17.4 Å². The Balaban J connectivity index is 2.22. The van der Waals surface area contributed by atoms with E-state index in [0.29, 0.717) is 18.8 Å². The molecule has 0 atom stereocenters. The molecule has 0 amide bonds. The Hall–Kier alpha value is -1.89. The number of fused-ring (bicyclic) bond motifs is 1. The fourth-order valence-corrected chi connectivity index (χ4v) is 2.15. The summed E-state index contributed by atoms with van der Waals surface area (Å²) in [7, 11) is 0. The summed E-state index contributed by atoms with van der Waals surface area (Å²) in [5, 5.41) is 11.3. The summed E-state index contributed by atoms with van der Waals surface area (Å²) in [6.45, 7) is 1.17. The second-order valence-electron chi connectivity index (χ2n) is 3.94. The van der Waals surface area contributed by atoms with Crippen LogP contribution in [0.2, 0.25) is 0 Å². The summed E-state index contributed by atoms with van der Waals surface area (Å²) in [5.74, 6) is 0. The summed E-state index contributed by atoms with van der Waals surface area (Å²) >= 11 is 0. The van der Waals surface area contributed by atoms with Gasteiger partial charge in [-0.15, -0.1) is 0 Å². The minimum Gasteiger partial charge on any atom is -0.346 e. The van der Waals surface area contributed by atoms with Gasteiger partial charge >= 0.3 is 0 Å². The number of benzene rings is 2. The van der Waals surface area contributed by atoms with E-state index >= 15 is 0 Å². The minimum absolute atomic E-state index is 0.394. The van der Waals surface area contributed by atoms with E-state index in [0.717, 1.165) is 16.3 Å². The molecule has 1 aliphatic rings. The molecule has 0 radical (unpaired) electrons. The maximum atomic E-state index is 9.32. The van der Waals surface area contributed by atoms with Crippen molar-refractivity contribution in [1.29, 1.82) is 5.26 Å². The number of nitriles is 1. The lowest BCUT2D eigenvalue weighted by molar-refractivity contribution is -0.0442. The average Bonchev–Trinajstić information content (AvgIpc) is 2.91. The molecule has 1 fully saturated rings. The van der Waals surface area contributed by atoms with Crippen molar-refractivity contribution in [1.82, 2.24) is 0 Å². The summed E-state index contributed by atoms with van der Waals surface area (Å²) in [5.41, 5.74) is 1.47. The summed E-state index contributed by atoms with van der Waals surface area (Å²) in [6, 6.07) is 14.0. The molecule has 2 aromatic rings. The highest BCUT2D eigenvalue weighted by Gasteiger charge is 2.22. The average molecular weight is 225 g/mol. The molecule has 1 saturated heterocycles. The largest absolute Gasteiger partial charge is 0.346 e. The maximum absolute atomic E-state index is 9.32. The zero-order valence-electron chi connectivity index (χ0n) is 9.22. The van der Waals surface area contributed by atoms with Crippen LogP contribution in [0.3, 0.4) is 0 Å². The normalized spacial score (nSPS) is 16.2. The Labute approximate surface area is 99.2 Å². The van der Waals surface area contributed by atoms with E-state index in [9.17, 15) is 5.26 Å². The van der Waals surface area contributed by atoms with E-state index < -0.39 is 6.29 Å². The van der Waals surface area contributed by atoms with E-state index in [-0.39, 0.29) is 0 Å². The summed E-state index contributed by atoms with van der Waals surface area (Å²) in [4.78, 5) is 0. The molecule has 0 saturated carbocycles. The van der Waals surface area contributed by atoms with Crippen LogP contribution in [0.25, 0.3) is 10.8 Å². The van der Waals surface area contributed by atoms with Crippen LogP contribution in [0.5, 0.6) is 0 Å². The molecule has 2 aromatic carbocycles. The zero-order valence-corrected chi connectivity index (χ0v) is 9.22. The summed E-state index contributed by atoms with van der Waals surface area (Å²) in [6.07, 6.45) is -0.394. The van der Waals surface area contributed by atoms with Crippen molar-refractivity contribution in [2.24, 2.45) is 0 Å². The van der Waals surface area contributed by atoms with E-state index in [4.69, 9.17) is 9.47 Å². The van der Waals surface area contributed by atoms with E-state index in [1.54, 1.807) is 0 Å². The van der Waals surface area contributed by atoms with Crippen molar-refractivity contribution in [3.8, 4) is 6.07 Å². The minimum atomic E-state index is -0.394. The fourth-order valence-electron chi connectivity index (χ4n) is 2.15. The number of nitrogens with zero attached hydrogens (tertiary/aromatic N) is 1. The Kier molecular flexibility index (Phi) is 2.52. The van der Waals surface area contributed by atoms with Crippen molar-refractivity contribution in [3.63, 3.8) is 0 Å². The molecule has 3 rings (SSSR count). The zero-order chi connectivity index (χ0) is 11.7. The van der Waals surface area contributed by atoms with Gasteiger partial charge in [0, 0.05) is 5.56 Å². The van der Waals surface area contributed by atoms with Crippen molar-refractivity contribution in [2.75, 3.05) is 13.2 Å². The highest BCUT2D eigenvalue weighted by molar-refractivity contribution is 5.89. The lowest BCUT2D eigenvalue weighted by Gasteiger charge is -2.12. The number of hydrogen-bond acceptors (Lipinski definition) is 3. The monoisotopic (exact) mass is 225 g/mol. The first kappa shape index (κ1) is 10.3. The predicted molar refractivity (Wildman–Crippen MR) is 63.3 cm³/mol. The second kappa shape index (κ2) is 4.17. The van der Waals surface area contributed by atoms with Gasteiger partial charge in [-0.2, -0.15) is 5.26 Å². The predicted octanol–water partition coefficient (Wildman–Crippen LogP) is 2.76. The van der Waals surface area contributed by atoms with Gasteiger partial charge < -0.3 is 9.47 Å². The van der Waals surface area contributed by atoms with Crippen LogP contribution < -0.4 is 0 Å². The topological polar surface area (TPSA) is 42.2 Å². The first-order valence-corrected chi connectivity index (χ1v) is 5.55. The third-order valence-corrected chi connectivity index (χ3v) is 2.95. The Bertz CT molecular complexity index is 595. The first-order valence-electron chi connectivity index (χ1n) is 5.55. The van der Waals surface area contributed by atoms with E-state index in [1.807, 2.05) is 36.4 Å². The van der Waals surface area contributed by atoms with Gasteiger partial charge in [0.1, 0.15) is 6.07 Å². The van der Waals surface area contributed by atoms with Gasteiger partial charge in [-0.3, -0.25) is 0 Å². The Morgan fingerprint density at radius 2 is 1.82 bits per heavy atom. The molecule has 17 heavy (non-hydrogen) atoms. The van der Waals surface area contributed by atoms with Gasteiger partial charge in [-0.25, -0.2) is 0 Å². The number of rotatable bonds is 1. The van der Waals surface area contributed by atoms with Gasteiger partial charge in [0.15, 0.2) is 6.29 Å². The SMILES string of the molecule is N#Cc1c(C2OCCO2)ccc2ccccc12. The molecule has 0 spiro atoms. The van der Waals surface area contributed by atoms with Gasteiger partial charge in [0.2, 0.25) is 0 Å². The molecule has 0 unspecified atom stereocenters. The van der Waals surface area contributed by atoms with Crippen molar-refractivity contribution < 1.29 is 9.47 Å². The lowest BCUT2D eigenvalue weighted by atomic mass is 9.99. The smallest absolute Gasteiger partial charge is 0.185 e. The van der Waals surface area contributed by atoms with Gasteiger partial charge in [0.05, 0.1) is 18.8 Å². The molecule has 3 nitrogen and oxygen atoms in total. The van der Waals surface area contributed by atoms with Gasteiger partial charge in [0.25, 0.3) is 0 Å². The van der Waals surface area contributed by atoms with Crippen LogP contribution in [-0.4, -0.2) is 13.2 Å². The summed E-state index contributed by atoms with van der Waals surface area (Å²) < 4.78 is 10.9. The molecular weight excluding hydrogens is 214 g/mol. The molecular formula is C14H11NO2. The van der Waals surface area contributed by atoms with Gasteiger partial charge in [-0.05, 0) is 10.8 Å². The Morgan fingerprint density at radius 3 is 2.59 bits per heavy atom. The highest BCUT2D eigenvalue weighted by atomic mass is 16.7. The third kappa shape index (κ3) is 1.68. The molecule has 1 aliphatic heterocycles.